The van der Waals surface area contributed by atoms with Crippen LogP contribution < -0.4 is 10.6 Å². The lowest BCUT2D eigenvalue weighted by molar-refractivity contribution is -0.135. The van der Waals surface area contributed by atoms with Gasteiger partial charge in [-0.25, -0.2) is 28.3 Å². The van der Waals surface area contributed by atoms with Gasteiger partial charge in [0.1, 0.15) is 36.1 Å². The second-order valence-electron chi connectivity index (χ2n) is 12.9. The number of aliphatic hydroxyl groups is 1. The van der Waals surface area contributed by atoms with Gasteiger partial charge in [-0.05, 0) is 29.2 Å². The molecule has 4 unspecified atom stereocenters. The molecule has 0 saturated carbocycles. The van der Waals surface area contributed by atoms with E-state index in [1.165, 1.54) is 23.8 Å². The number of amides is 4. The number of alkyl carbamates (subject to hydrolysis) is 2. The molecule has 280 valence electrons. The number of benzene rings is 2. The molecule has 0 aliphatic carbocycles. The number of likely N-dealkylation sites (tertiary alicyclic amines) is 2. The number of aliphatic hydroxyl groups excluding tert-OH is 1. The number of halogens is 2. The summed E-state index contributed by atoms with van der Waals surface area (Å²) in [5.41, 5.74) is 4.89. The lowest BCUT2D eigenvalue weighted by atomic mass is 10.0. The highest BCUT2D eigenvalue weighted by Gasteiger charge is 2.41. The van der Waals surface area contributed by atoms with E-state index in [9.17, 15) is 33.1 Å². The van der Waals surface area contributed by atoms with Crippen LogP contribution in [0.15, 0.2) is 60.9 Å². The van der Waals surface area contributed by atoms with Crippen LogP contribution in [-0.4, -0.2) is 117 Å². The maximum absolute atomic E-state index is 14.6. The van der Waals surface area contributed by atoms with Gasteiger partial charge < -0.3 is 45.0 Å². The highest BCUT2D eigenvalue weighted by molar-refractivity contribution is 5.87. The minimum atomic E-state index is -1.31. The Morgan fingerprint density at radius 3 is 1.60 bits per heavy atom. The van der Waals surface area contributed by atoms with Gasteiger partial charge >= 0.3 is 12.2 Å². The van der Waals surface area contributed by atoms with E-state index in [1.54, 1.807) is 12.4 Å². The number of nitrogens with one attached hydrogen (secondary N) is 4. The van der Waals surface area contributed by atoms with Gasteiger partial charge in [-0.3, -0.25) is 9.59 Å². The van der Waals surface area contributed by atoms with Crippen LogP contribution in [0.25, 0.3) is 33.6 Å². The van der Waals surface area contributed by atoms with Crippen LogP contribution in [0.3, 0.4) is 0 Å². The largest absolute Gasteiger partial charge is 0.453 e. The zero-order chi connectivity index (χ0) is 37.8. The van der Waals surface area contributed by atoms with Crippen molar-refractivity contribution in [2.24, 2.45) is 0 Å². The first kappa shape index (κ1) is 36.9. The van der Waals surface area contributed by atoms with Gasteiger partial charge in [0.25, 0.3) is 0 Å². The zero-order valence-corrected chi connectivity index (χ0v) is 29.2. The number of H-pyrrole nitrogens is 2. The Morgan fingerprint density at radius 2 is 1.17 bits per heavy atom. The maximum Gasteiger partial charge on any atom is 0.407 e. The predicted octanol–water partition coefficient (Wildman–Crippen LogP) is 3.82. The molecule has 2 aliphatic heterocycles. The van der Waals surface area contributed by atoms with E-state index in [0.29, 0.717) is 23.0 Å². The molecule has 2 aliphatic rings. The maximum atomic E-state index is 14.6. The minimum Gasteiger partial charge on any atom is -0.453 e. The number of carbonyl (C=O) groups excluding carboxylic acids is 4. The Bertz CT molecular complexity index is 1940. The number of ether oxygens (including phenoxy) is 2. The molecule has 4 aromatic rings. The fourth-order valence-corrected chi connectivity index (χ4v) is 6.70. The van der Waals surface area contributed by atoms with Crippen molar-refractivity contribution in [1.29, 1.82) is 0 Å². The second-order valence-corrected chi connectivity index (χ2v) is 12.9. The normalized spacial score (nSPS) is 20.9. The van der Waals surface area contributed by atoms with Crippen molar-refractivity contribution in [2.45, 2.75) is 56.3 Å². The van der Waals surface area contributed by atoms with E-state index >= 15 is 0 Å². The number of rotatable bonds is 10. The summed E-state index contributed by atoms with van der Waals surface area (Å²) < 4.78 is 38.2. The van der Waals surface area contributed by atoms with E-state index in [4.69, 9.17) is 0 Å². The average molecular weight is 735 g/mol. The SMILES string of the molecule is COC(=O)N[C@@H](C)C(=O)N1CC(F)CC1c1ncc(-c2ccc(-c3ccc(-c4cnc(C5CC(F)CN5C(=O)[C@H](CO)NC(=O)OC)[nH]4)cc3)cc2)[nH]1. The molecule has 4 amide bonds. The van der Waals surface area contributed by atoms with Crippen LogP contribution in [0.4, 0.5) is 18.4 Å². The van der Waals surface area contributed by atoms with Crippen molar-refractivity contribution in [1.82, 2.24) is 40.4 Å². The number of nitrogens with zero attached hydrogens (tertiary/aromatic N) is 4. The smallest absolute Gasteiger partial charge is 0.407 e. The number of aromatic nitrogens is 4. The molecule has 6 rings (SSSR count). The highest BCUT2D eigenvalue weighted by atomic mass is 19.1. The summed E-state index contributed by atoms with van der Waals surface area (Å²) >= 11 is 0. The van der Waals surface area contributed by atoms with E-state index < -0.39 is 67.1 Å². The van der Waals surface area contributed by atoms with Gasteiger partial charge in [0.05, 0.1) is 69.8 Å². The Balaban J connectivity index is 1.11. The molecule has 2 fully saturated rings. The van der Waals surface area contributed by atoms with Gasteiger partial charge in [0.15, 0.2) is 0 Å². The molecular formula is C36H40F2N8O7. The number of alkyl halides is 2. The van der Waals surface area contributed by atoms with Crippen LogP contribution in [0, 0.1) is 0 Å². The first-order valence-electron chi connectivity index (χ1n) is 17.0. The van der Waals surface area contributed by atoms with E-state index in [-0.39, 0.29) is 25.9 Å². The molecule has 2 aromatic carbocycles. The monoisotopic (exact) mass is 734 g/mol. The van der Waals surface area contributed by atoms with Gasteiger partial charge in [-0.15, -0.1) is 0 Å². The molecule has 5 N–H and O–H groups in total. The van der Waals surface area contributed by atoms with Crippen LogP contribution in [0.1, 0.15) is 43.5 Å². The molecule has 2 saturated heterocycles. The van der Waals surface area contributed by atoms with E-state index in [2.05, 4.69) is 40.0 Å². The van der Waals surface area contributed by atoms with Crippen molar-refractivity contribution < 1.29 is 42.5 Å². The van der Waals surface area contributed by atoms with Crippen molar-refractivity contribution in [3.8, 4) is 33.6 Å². The van der Waals surface area contributed by atoms with Gasteiger partial charge in [-0.2, -0.15) is 0 Å². The quantitative estimate of drug-likeness (QED) is 0.161. The van der Waals surface area contributed by atoms with Crippen molar-refractivity contribution in [3.63, 3.8) is 0 Å². The molecule has 4 heterocycles. The summed E-state index contributed by atoms with van der Waals surface area (Å²) in [5.74, 6) is -0.255. The third-order valence-electron chi connectivity index (χ3n) is 9.46. The molecule has 2 aromatic heterocycles. The van der Waals surface area contributed by atoms with Gasteiger partial charge in [0.2, 0.25) is 11.8 Å². The first-order valence-corrected chi connectivity index (χ1v) is 17.0. The van der Waals surface area contributed by atoms with Crippen LogP contribution in [0.5, 0.6) is 0 Å². The predicted molar refractivity (Wildman–Crippen MR) is 186 cm³/mol. The third-order valence-corrected chi connectivity index (χ3v) is 9.46. The molecule has 0 bridgehead atoms. The van der Waals surface area contributed by atoms with Gasteiger partial charge in [-0.1, -0.05) is 48.5 Å². The van der Waals surface area contributed by atoms with Crippen molar-refractivity contribution >= 4 is 24.0 Å². The van der Waals surface area contributed by atoms with Crippen LogP contribution in [0.2, 0.25) is 0 Å². The molecule has 0 radical (unpaired) electrons. The molecule has 17 heteroatoms. The van der Waals surface area contributed by atoms with Crippen LogP contribution >= 0.6 is 0 Å². The topological polar surface area (TPSA) is 195 Å². The fraction of sp³-hybridized carbons (Fsp3) is 0.389. The van der Waals surface area contributed by atoms with Gasteiger partial charge in [0, 0.05) is 12.8 Å². The summed E-state index contributed by atoms with van der Waals surface area (Å²) in [7, 11) is 2.33. The highest BCUT2D eigenvalue weighted by Crippen LogP contribution is 2.36. The Labute approximate surface area is 303 Å². The first-order chi connectivity index (χ1) is 25.5. The third kappa shape index (κ3) is 7.99. The van der Waals surface area contributed by atoms with E-state index in [1.807, 2.05) is 48.5 Å². The molecule has 0 spiro atoms. The summed E-state index contributed by atoms with van der Waals surface area (Å²) in [5, 5.41) is 14.4. The van der Waals surface area contributed by atoms with Crippen molar-refractivity contribution in [2.75, 3.05) is 33.9 Å². The zero-order valence-electron chi connectivity index (χ0n) is 29.2. The summed E-state index contributed by atoms with van der Waals surface area (Å²) in [6, 6.07) is 11.9. The number of hydrogen-bond acceptors (Lipinski definition) is 9. The van der Waals surface area contributed by atoms with E-state index in [0.717, 1.165) is 29.4 Å². The number of aromatic amines is 2. The lowest BCUT2D eigenvalue weighted by Crippen LogP contribution is -2.50. The Kier molecular flexibility index (Phi) is 11.0. The van der Waals surface area contributed by atoms with Crippen LogP contribution in [-0.2, 0) is 19.1 Å². The molecular weight excluding hydrogens is 694 g/mol. The average Bonchev–Trinajstić information content (AvgIpc) is 4.00. The minimum absolute atomic E-state index is 0.0100. The molecule has 53 heavy (non-hydrogen) atoms. The summed E-state index contributed by atoms with van der Waals surface area (Å²) in [6.07, 6.45) is -0.840. The number of methoxy groups -OCH3 is 2. The second kappa shape index (κ2) is 15.8. The van der Waals surface area contributed by atoms with Crippen molar-refractivity contribution in [3.05, 3.63) is 72.6 Å². The Morgan fingerprint density at radius 1 is 0.755 bits per heavy atom. The number of carbonyl (C=O) groups is 4. The molecule has 15 nitrogen and oxygen atoms in total. The lowest BCUT2D eigenvalue weighted by Gasteiger charge is -2.27. The molecule has 6 atom stereocenters. The Hall–Kier alpha value is -5.84. The summed E-state index contributed by atoms with van der Waals surface area (Å²) in [6.45, 7) is 0.525. The standard InChI is InChI=1S/C36H40F2N8O7/c1-19(41-35(50)52-2)33(48)45-16-24(37)12-29(45)31-39-14-26(42-31)22-8-4-20(5-9-22)21-6-10-23(11-7-21)27-15-40-32(43-27)30-13-25(38)17-46(30)34(49)28(18-47)44-36(51)53-3/h4-11,14-15,19,24-25,28-30,47H,12-13,16-18H2,1-3H3,(H,39,42)(H,40,43)(H,41,50)(H,44,51)/t19-,24?,25?,28-,29?,30?/m0/s1. The fourth-order valence-electron chi connectivity index (χ4n) is 6.70. The summed E-state index contributed by atoms with van der Waals surface area (Å²) in [4.78, 5) is 67.4. The number of hydrogen-bond donors (Lipinski definition) is 5. The number of imidazole rings is 2.